The molecule has 3 aromatic carbocycles. The lowest BCUT2D eigenvalue weighted by atomic mass is 10.1. The van der Waals surface area contributed by atoms with Gasteiger partial charge in [-0.15, -0.1) is 11.8 Å². The van der Waals surface area contributed by atoms with Gasteiger partial charge in [0.05, 0.1) is 19.4 Å². The van der Waals surface area contributed by atoms with Crippen molar-refractivity contribution in [2.75, 3.05) is 31.8 Å². The van der Waals surface area contributed by atoms with E-state index in [1.165, 1.54) is 27.3 Å². The third kappa shape index (κ3) is 5.17. The second-order valence-corrected chi connectivity index (χ2v) is 8.98. The lowest BCUT2D eigenvalue weighted by Crippen LogP contribution is -2.24. The molecule has 1 N–H and O–H groups in total. The number of rotatable bonds is 7. The molecular formula is C26H29NO3S. The maximum absolute atomic E-state index is 9.02. The van der Waals surface area contributed by atoms with E-state index in [4.69, 9.17) is 14.6 Å². The standard InChI is InChI=1S/C26H29NO3S/c1-19-16-21(10-11-24(19)29-2)25-12-13-27(23-8-3-4-9-26(23)31-25)18-20-6-5-7-22(17-20)30-15-14-28/h3-11,16-17,25,28H,12-15,18H2,1-2H3. The highest BCUT2D eigenvalue weighted by molar-refractivity contribution is 7.99. The summed E-state index contributed by atoms with van der Waals surface area (Å²) >= 11 is 1.95. The molecule has 4 nitrogen and oxygen atoms in total. The van der Waals surface area contributed by atoms with E-state index in [9.17, 15) is 0 Å². The molecule has 31 heavy (non-hydrogen) atoms. The number of benzene rings is 3. The monoisotopic (exact) mass is 435 g/mol. The Hall–Kier alpha value is -2.63. The minimum absolute atomic E-state index is 0.0210. The van der Waals surface area contributed by atoms with Crippen LogP contribution in [0.15, 0.2) is 71.6 Å². The molecule has 1 unspecified atom stereocenters. The fourth-order valence-electron chi connectivity index (χ4n) is 4.04. The SMILES string of the molecule is COc1ccc(C2CCN(Cc3cccc(OCCO)c3)c3ccccc3S2)cc1C. The predicted molar refractivity (Wildman–Crippen MR) is 127 cm³/mol. The Morgan fingerprint density at radius 2 is 1.94 bits per heavy atom. The number of methoxy groups -OCH3 is 1. The number of anilines is 1. The summed E-state index contributed by atoms with van der Waals surface area (Å²) in [6.07, 6.45) is 1.06. The first-order valence-corrected chi connectivity index (χ1v) is 11.5. The molecule has 0 spiro atoms. The molecule has 0 saturated heterocycles. The zero-order chi connectivity index (χ0) is 21.6. The normalized spacial score (nSPS) is 15.8. The van der Waals surface area contributed by atoms with Crippen molar-refractivity contribution in [1.29, 1.82) is 0 Å². The highest BCUT2D eigenvalue weighted by Gasteiger charge is 2.23. The second kappa shape index (κ2) is 10.1. The largest absolute Gasteiger partial charge is 0.496 e. The van der Waals surface area contributed by atoms with Crippen LogP contribution in [-0.4, -0.2) is 32.0 Å². The molecule has 0 bridgehead atoms. The van der Waals surface area contributed by atoms with Gasteiger partial charge >= 0.3 is 0 Å². The topological polar surface area (TPSA) is 41.9 Å². The molecule has 0 saturated carbocycles. The molecule has 162 valence electrons. The van der Waals surface area contributed by atoms with Gasteiger partial charge in [0.1, 0.15) is 18.1 Å². The molecule has 1 heterocycles. The van der Waals surface area contributed by atoms with Crippen molar-refractivity contribution in [1.82, 2.24) is 0 Å². The van der Waals surface area contributed by atoms with Crippen LogP contribution in [0.4, 0.5) is 5.69 Å². The maximum atomic E-state index is 9.02. The Labute approximate surface area is 188 Å². The molecule has 4 rings (SSSR count). The van der Waals surface area contributed by atoms with Gasteiger partial charge in [0.25, 0.3) is 0 Å². The van der Waals surface area contributed by atoms with Gasteiger partial charge in [-0.1, -0.05) is 36.4 Å². The average molecular weight is 436 g/mol. The Morgan fingerprint density at radius 1 is 1.06 bits per heavy atom. The Kier molecular flexibility index (Phi) is 7.05. The lowest BCUT2D eigenvalue weighted by molar-refractivity contribution is 0.201. The number of aliphatic hydroxyl groups is 1. The van der Waals surface area contributed by atoms with Crippen LogP contribution < -0.4 is 14.4 Å². The third-order valence-electron chi connectivity index (χ3n) is 5.56. The summed E-state index contributed by atoms with van der Waals surface area (Å²) in [5.41, 5.74) is 5.00. The quantitative estimate of drug-likeness (QED) is 0.522. The van der Waals surface area contributed by atoms with Crippen LogP contribution in [-0.2, 0) is 6.54 Å². The molecule has 5 heteroatoms. The van der Waals surface area contributed by atoms with Crippen molar-refractivity contribution in [3.8, 4) is 11.5 Å². The summed E-state index contributed by atoms with van der Waals surface area (Å²) in [6.45, 7) is 4.24. The Morgan fingerprint density at radius 3 is 2.74 bits per heavy atom. The van der Waals surface area contributed by atoms with Crippen molar-refractivity contribution in [3.05, 3.63) is 83.4 Å². The van der Waals surface area contributed by atoms with E-state index >= 15 is 0 Å². The smallest absolute Gasteiger partial charge is 0.121 e. The highest BCUT2D eigenvalue weighted by Crippen LogP contribution is 2.46. The molecule has 0 aromatic heterocycles. The van der Waals surface area contributed by atoms with E-state index in [2.05, 4.69) is 66.4 Å². The number of aliphatic hydroxyl groups excluding tert-OH is 1. The molecule has 1 aliphatic rings. The number of hydrogen-bond acceptors (Lipinski definition) is 5. The fraction of sp³-hybridized carbons (Fsp3) is 0.308. The number of thioether (sulfide) groups is 1. The van der Waals surface area contributed by atoms with Gasteiger partial charge < -0.3 is 19.5 Å². The summed E-state index contributed by atoms with van der Waals surface area (Å²) in [5, 5.41) is 9.42. The van der Waals surface area contributed by atoms with Crippen molar-refractivity contribution in [3.63, 3.8) is 0 Å². The molecular weight excluding hydrogens is 406 g/mol. The summed E-state index contributed by atoms with van der Waals surface area (Å²) in [6, 6.07) is 23.4. The first-order valence-electron chi connectivity index (χ1n) is 10.7. The molecule has 1 atom stereocenters. The molecule has 1 aliphatic heterocycles. The van der Waals surface area contributed by atoms with E-state index in [1.807, 2.05) is 23.9 Å². The summed E-state index contributed by atoms with van der Waals surface area (Å²) in [7, 11) is 1.72. The van der Waals surface area contributed by atoms with E-state index in [-0.39, 0.29) is 6.61 Å². The van der Waals surface area contributed by atoms with Gasteiger partial charge in [-0.05, 0) is 60.4 Å². The van der Waals surface area contributed by atoms with Crippen molar-refractivity contribution in [2.24, 2.45) is 0 Å². The van der Waals surface area contributed by atoms with E-state index in [0.29, 0.717) is 11.9 Å². The minimum atomic E-state index is 0.0210. The van der Waals surface area contributed by atoms with Gasteiger partial charge in [-0.2, -0.15) is 0 Å². The van der Waals surface area contributed by atoms with E-state index in [0.717, 1.165) is 31.0 Å². The molecule has 0 aliphatic carbocycles. The van der Waals surface area contributed by atoms with Crippen LogP contribution in [0.5, 0.6) is 11.5 Å². The van der Waals surface area contributed by atoms with Gasteiger partial charge in [-0.25, -0.2) is 0 Å². The molecule has 0 amide bonds. The van der Waals surface area contributed by atoms with E-state index in [1.54, 1.807) is 7.11 Å². The Balaban J connectivity index is 1.57. The zero-order valence-electron chi connectivity index (χ0n) is 18.1. The number of ether oxygens (including phenoxy) is 2. The summed E-state index contributed by atoms with van der Waals surface area (Å²) in [5.74, 6) is 1.74. The summed E-state index contributed by atoms with van der Waals surface area (Å²) < 4.78 is 11.0. The van der Waals surface area contributed by atoms with Crippen LogP contribution in [0, 0.1) is 6.92 Å². The molecule has 0 radical (unpaired) electrons. The van der Waals surface area contributed by atoms with Gasteiger partial charge in [0.2, 0.25) is 0 Å². The van der Waals surface area contributed by atoms with Crippen LogP contribution in [0.25, 0.3) is 0 Å². The van der Waals surface area contributed by atoms with Gasteiger partial charge in [0.15, 0.2) is 0 Å². The second-order valence-electron chi connectivity index (χ2n) is 7.73. The minimum Gasteiger partial charge on any atom is -0.496 e. The lowest BCUT2D eigenvalue weighted by Gasteiger charge is -2.25. The van der Waals surface area contributed by atoms with Crippen LogP contribution in [0.3, 0.4) is 0 Å². The fourth-order valence-corrected chi connectivity index (χ4v) is 5.33. The Bertz CT molecular complexity index is 1020. The number of aryl methyl sites for hydroxylation is 1. The summed E-state index contributed by atoms with van der Waals surface area (Å²) in [4.78, 5) is 3.77. The average Bonchev–Trinajstić information content (AvgIpc) is 2.98. The van der Waals surface area contributed by atoms with Crippen molar-refractivity contribution < 1.29 is 14.6 Å². The predicted octanol–water partition coefficient (Wildman–Crippen LogP) is 5.62. The highest BCUT2D eigenvalue weighted by atomic mass is 32.2. The van der Waals surface area contributed by atoms with Crippen molar-refractivity contribution in [2.45, 2.75) is 30.0 Å². The van der Waals surface area contributed by atoms with E-state index < -0.39 is 0 Å². The number of para-hydroxylation sites is 1. The number of fused-ring (bicyclic) bond motifs is 1. The third-order valence-corrected chi connectivity index (χ3v) is 6.95. The maximum Gasteiger partial charge on any atom is 0.121 e. The van der Waals surface area contributed by atoms with Crippen LogP contribution >= 0.6 is 11.8 Å². The van der Waals surface area contributed by atoms with Crippen LogP contribution in [0.2, 0.25) is 0 Å². The zero-order valence-corrected chi connectivity index (χ0v) is 18.9. The van der Waals surface area contributed by atoms with Gasteiger partial charge in [0, 0.05) is 23.2 Å². The first-order chi connectivity index (χ1) is 15.2. The number of hydrogen-bond donors (Lipinski definition) is 1. The molecule has 0 fully saturated rings. The first kappa shape index (κ1) is 21.6. The van der Waals surface area contributed by atoms with Crippen molar-refractivity contribution >= 4 is 17.4 Å². The number of nitrogens with zero attached hydrogens (tertiary/aromatic N) is 1. The van der Waals surface area contributed by atoms with Gasteiger partial charge in [-0.3, -0.25) is 0 Å². The molecule has 3 aromatic rings. The van der Waals surface area contributed by atoms with Crippen LogP contribution in [0.1, 0.15) is 28.4 Å².